The Kier molecular flexibility index (Phi) is 2.93. The lowest BCUT2D eigenvalue weighted by molar-refractivity contribution is 0.388. The average Bonchev–Trinajstić information content (AvgIpc) is 2.63. The molecule has 0 atom stereocenters. The van der Waals surface area contributed by atoms with Crippen molar-refractivity contribution in [3.05, 3.63) is 41.8 Å². The summed E-state index contributed by atoms with van der Waals surface area (Å²) in [5.74, 6) is -0.662. The Morgan fingerprint density at radius 1 is 1.41 bits per heavy atom. The fraction of sp³-hybridized carbons (Fsp3) is 0.200. The molecule has 0 fully saturated rings. The van der Waals surface area contributed by atoms with Crippen molar-refractivity contribution in [1.82, 2.24) is 10.1 Å². The van der Waals surface area contributed by atoms with E-state index in [0.717, 1.165) is 6.07 Å². The second-order valence-electron chi connectivity index (χ2n) is 3.45. The third-order valence-corrected chi connectivity index (χ3v) is 3.65. The van der Waals surface area contributed by atoms with E-state index in [-0.39, 0.29) is 16.6 Å². The predicted octanol–water partition coefficient (Wildman–Crippen LogP) is 1.49. The van der Waals surface area contributed by atoms with E-state index in [4.69, 9.17) is 0 Å². The number of sulfone groups is 1. The van der Waals surface area contributed by atoms with Gasteiger partial charge in [0.1, 0.15) is 11.6 Å². The average molecular weight is 256 g/mol. The molecule has 5 nitrogen and oxygen atoms in total. The van der Waals surface area contributed by atoms with E-state index in [1.54, 1.807) is 6.92 Å². The van der Waals surface area contributed by atoms with Gasteiger partial charge >= 0.3 is 0 Å². The van der Waals surface area contributed by atoms with E-state index in [9.17, 15) is 12.8 Å². The first-order valence-corrected chi connectivity index (χ1v) is 6.40. The summed E-state index contributed by atoms with van der Waals surface area (Å²) in [4.78, 5) is 3.70. The summed E-state index contributed by atoms with van der Waals surface area (Å²) in [6, 6.07) is 4.80. The smallest absolute Gasteiger partial charge is 0.223 e. The Labute approximate surface area is 97.2 Å². The van der Waals surface area contributed by atoms with E-state index in [1.807, 2.05) is 0 Å². The zero-order valence-corrected chi connectivity index (χ0v) is 9.74. The van der Waals surface area contributed by atoms with Crippen LogP contribution >= 0.6 is 0 Å². The van der Waals surface area contributed by atoms with Crippen LogP contribution in [0.4, 0.5) is 4.39 Å². The molecule has 0 amide bonds. The summed E-state index contributed by atoms with van der Waals surface area (Å²) in [5.41, 5.74) is 0. The van der Waals surface area contributed by atoms with Crippen molar-refractivity contribution in [3.8, 4) is 0 Å². The highest BCUT2D eigenvalue weighted by atomic mass is 32.2. The molecule has 0 aliphatic carbocycles. The summed E-state index contributed by atoms with van der Waals surface area (Å²) >= 11 is 0. The van der Waals surface area contributed by atoms with Gasteiger partial charge in [-0.1, -0.05) is 11.2 Å². The molecule has 1 aromatic heterocycles. The van der Waals surface area contributed by atoms with Crippen LogP contribution in [-0.2, 0) is 15.6 Å². The molecule has 0 bridgehead atoms. The van der Waals surface area contributed by atoms with Crippen molar-refractivity contribution in [1.29, 1.82) is 0 Å². The zero-order valence-electron chi connectivity index (χ0n) is 8.92. The van der Waals surface area contributed by atoms with Crippen molar-refractivity contribution >= 4 is 9.84 Å². The highest BCUT2D eigenvalue weighted by Gasteiger charge is 2.19. The summed E-state index contributed by atoms with van der Waals surface area (Å²) in [7, 11) is -3.65. The lowest BCUT2D eigenvalue weighted by Crippen LogP contribution is -2.06. The van der Waals surface area contributed by atoms with Crippen molar-refractivity contribution in [3.63, 3.8) is 0 Å². The van der Waals surface area contributed by atoms with Gasteiger partial charge in [-0.25, -0.2) is 12.8 Å². The monoisotopic (exact) mass is 256 g/mol. The van der Waals surface area contributed by atoms with Gasteiger partial charge in [0.25, 0.3) is 0 Å². The largest absolute Gasteiger partial charge is 0.340 e. The molecule has 2 aromatic rings. The van der Waals surface area contributed by atoms with E-state index in [0.29, 0.717) is 0 Å². The van der Waals surface area contributed by atoms with Crippen molar-refractivity contribution < 1.29 is 17.3 Å². The molecule has 0 saturated heterocycles. The molecule has 2 rings (SSSR count). The second-order valence-corrected chi connectivity index (χ2v) is 5.44. The molecule has 0 radical (unpaired) electrons. The summed E-state index contributed by atoms with van der Waals surface area (Å²) in [6.45, 7) is 1.56. The van der Waals surface area contributed by atoms with Gasteiger partial charge in [0.2, 0.25) is 5.89 Å². The molecule has 1 heterocycles. The van der Waals surface area contributed by atoms with Crippen LogP contribution in [0.15, 0.2) is 33.7 Å². The van der Waals surface area contributed by atoms with E-state index < -0.39 is 21.4 Å². The minimum atomic E-state index is -3.65. The van der Waals surface area contributed by atoms with Crippen LogP contribution in [0.2, 0.25) is 0 Å². The van der Waals surface area contributed by atoms with Gasteiger partial charge in [0.05, 0.1) is 4.90 Å². The van der Waals surface area contributed by atoms with E-state index in [2.05, 4.69) is 14.7 Å². The number of rotatable bonds is 3. The van der Waals surface area contributed by atoms with Crippen LogP contribution in [0.1, 0.15) is 11.7 Å². The summed E-state index contributed by atoms with van der Waals surface area (Å²) in [6.07, 6.45) is 0. The highest BCUT2D eigenvalue weighted by Crippen LogP contribution is 2.15. The maximum absolute atomic E-state index is 12.9. The molecule has 1 aromatic carbocycles. The van der Waals surface area contributed by atoms with Crippen LogP contribution in [0, 0.1) is 12.7 Å². The van der Waals surface area contributed by atoms with Gasteiger partial charge in [-0.2, -0.15) is 4.98 Å². The lowest BCUT2D eigenvalue weighted by Gasteiger charge is -2.01. The Morgan fingerprint density at radius 3 is 2.76 bits per heavy atom. The summed E-state index contributed by atoms with van der Waals surface area (Å²) < 4.78 is 41.3. The number of nitrogens with zero attached hydrogens (tertiary/aromatic N) is 2. The highest BCUT2D eigenvalue weighted by molar-refractivity contribution is 7.90. The molecule has 17 heavy (non-hydrogen) atoms. The molecule has 0 aliphatic rings. The third kappa shape index (κ3) is 2.68. The lowest BCUT2D eigenvalue weighted by atomic mass is 10.4. The number of halogens is 1. The minimum absolute atomic E-state index is 0.0618. The molecular weight excluding hydrogens is 247 g/mol. The standard InChI is InChI=1S/C10H9FN2O3S/c1-7-12-10(13-16-7)6-17(14,15)9-4-2-3-8(11)5-9/h2-5H,6H2,1H3. The first-order chi connectivity index (χ1) is 7.97. The van der Waals surface area contributed by atoms with Gasteiger partial charge < -0.3 is 4.52 Å². The van der Waals surface area contributed by atoms with Gasteiger partial charge in [-0.15, -0.1) is 0 Å². The topological polar surface area (TPSA) is 73.1 Å². The van der Waals surface area contributed by atoms with Gasteiger partial charge in [-0.3, -0.25) is 0 Å². The molecule has 90 valence electrons. The normalized spacial score (nSPS) is 11.6. The molecule has 0 aliphatic heterocycles. The Morgan fingerprint density at radius 2 is 2.18 bits per heavy atom. The number of benzene rings is 1. The number of hydrogen-bond acceptors (Lipinski definition) is 5. The molecule has 7 heteroatoms. The molecule has 0 spiro atoms. The first-order valence-electron chi connectivity index (χ1n) is 4.75. The molecule has 0 N–H and O–H groups in total. The number of aryl methyl sites for hydroxylation is 1. The predicted molar refractivity (Wildman–Crippen MR) is 56.3 cm³/mol. The van der Waals surface area contributed by atoms with Crippen LogP contribution in [0.5, 0.6) is 0 Å². The van der Waals surface area contributed by atoms with Crippen LogP contribution in [0.3, 0.4) is 0 Å². The van der Waals surface area contributed by atoms with Crippen molar-refractivity contribution in [2.24, 2.45) is 0 Å². The fourth-order valence-corrected chi connectivity index (χ4v) is 2.52. The maximum atomic E-state index is 12.9. The maximum Gasteiger partial charge on any atom is 0.223 e. The van der Waals surface area contributed by atoms with Crippen LogP contribution in [-0.4, -0.2) is 18.6 Å². The number of hydrogen-bond donors (Lipinski definition) is 0. The van der Waals surface area contributed by atoms with E-state index in [1.165, 1.54) is 18.2 Å². The molecule has 0 saturated carbocycles. The van der Waals surface area contributed by atoms with Crippen LogP contribution in [0.25, 0.3) is 0 Å². The third-order valence-electron chi connectivity index (χ3n) is 2.04. The Hall–Kier alpha value is -1.76. The SMILES string of the molecule is Cc1nc(CS(=O)(=O)c2cccc(F)c2)no1. The fourth-order valence-electron chi connectivity index (χ4n) is 1.31. The quantitative estimate of drug-likeness (QED) is 0.831. The Bertz CT molecular complexity index is 637. The minimum Gasteiger partial charge on any atom is -0.340 e. The number of aromatic nitrogens is 2. The Balaban J connectivity index is 2.31. The second kappa shape index (κ2) is 4.25. The van der Waals surface area contributed by atoms with Gasteiger partial charge in [0, 0.05) is 6.92 Å². The molecule has 0 unspecified atom stereocenters. The first kappa shape index (κ1) is 11.7. The summed E-state index contributed by atoms with van der Waals surface area (Å²) in [5, 5.41) is 3.49. The van der Waals surface area contributed by atoms with Crippen molar-refractivity contribution in [2.75, 3.05) is 0 Å². The van der Waals surface area contributed by atoms with Gasteiger partial charge in [-0.05, 0) is 18.2 Å². The van der Waals surface area contributed by atoms with Gasteiger partial charge in [0.15, 0.2) is 15.7 Å². The van der Waals surface area contributed by atoms with Crippen LogP contribution < -0.4 is 0 Å². The van der Waals surface area contributed by atoms with Crippen molar-refractivity contribution in [2.45, 2.75) is 17.6 Å². The molecular formula is C10H9FN2O3S. The van der Waals surface area contributed by atoms with E-state index >= 15 is 0 Å². The zero-order chi connectivity index (χ0) is 12.5.